The first-order chi connectivity index (χ1) is 13.6. The molecular formula is C19H23N5O2S2. The molecule has 0 spiro atoms. The van der Waals surface area contributed by atoms with Crippen molar-refractivity contribution in [2.75, 3.05) is 12.0 Å². The molecule has 0 aliphatic rings. The number of fused-ring (bicyclic) bond motifs is 1. The van der Waals surface area contributed by atoms with Crippen LogP contribution in [0.1, 0.15) is 35.6 Å². The number of primary amides is 1. The molecule has 28 heavy (non-hydrogen) atoms. The first-order valence-electron chi connectivity index (χ1n) is 8.89. The van der Waals surface area contributed by atoms with Gasteiger partial charge >= 0.3 is 6.03 Å². The van der Waals surface area contributed by atoms with Crippen LogP contribution in [-0.4, -0.2) is 33.9 Å². The average Bonchev–Trinajstić information content (AvgIpc) is 3.33. The fraction of sp³-hybridized carbons (Fsp3) is 0.316. The van der Waals surface area contributed by atoms with Crippen LogP contribution in [0.25, 0.3) is 11.0 Å². The zero-order chi connectivity index (χ0) is 19.9. The second kappa shape index (κ2) is 9.61. The molecule has 9 heteroatoms. The molecule has 2 heterocycles. The standard InChI is InChI=1S/C19H23N5O2S2/c1-27-10-8-14(18-22-12-5-2-3-6-13(12)23-18)21-17(25)11-15(24-19(20)26)16-7-4-9-28-16/h2-7,9,14-15H,8,10-11H2,1H3,(H,21,25)(H,22,23)(H3,20,24,26)/t14-,15+/m1/s1. The number of carbonyl (C=O) groups excluding carboxylic acids is 2. The van der Waals surface area contributed by atoms with E-state index in [0.29, 0.717) is 0 Å². The third-order valence-corrected chi connectivity index (χ3v) is 5.91. The Labute approximate surface area is 171 Å². The Kier molecular flexibility index (Phi) is 6.94. The SMILES string of the molecule is CSCC[C@@H](NC(=O)C[C@H](NC(N)=O)c1cccs1)c1nc2ccccc2[nH]1. The van der Waals surface area contributed by atoms with Crippen LogP contribution in [0.2, 0.25) is 0 Å². The number of aromatic nitrogens is 2. The molecule has 0 fully saturated rings. The molecule has 5 N–H and O–H groups in total. The number of para-hydroxylation sites is 2. The largest absolute Gasteiger partial charge is 0.352 e. The number of thioether (sulfide) groups is 1. The minimum Gasteiger partial charge on any atom is -0.352 e. The number of thiophene rings is 1. The van der Waals surface area contributed by atoms with Gasteiger partial charge in [-0.3, -0.25) is 4.79 Å². The van der Waals surface area contributed by atoms with Crippen LogP contribution < -0.4 is 16.4 Å². The lowest BCUT2D eigenvalue weighted by molar-refractivity contribution is -0.122. The molecule has 0 saturated carbocycles. The first-order valence-corrected chi connectivity index (χ1v) is 11.2. The number of urea groups is 1. The molecule has 0 aliphatic heterocycles. The predicted molar refractivity (Wildman–Crippen MR) is 114 cm³/mol. The molecule has 3 rings (SSSR count). The van der Waals surface area contributed by atoms with Gasteiger partial charge in [0.1, 0.15) is 5.82 Å². The van der Waals surface area contributed by atoms with Gasteiger partial charge in [0.2, 0.25) is 5.91 Å². The van der Waals surface area contributed by atoms with E-state index in [2.05, 4.69) is 20.6 Å². The molecule has 0 unspecified atom stereocenters. The van der Waals surface area contributed by atoms with E-state index in [1.54, 1.807) is 11.8 Å². The fourth-order valence-electron chi connectivity index (χ4n) is 2.97. The van der Waals surface area contributed by atoms with E-state index >= 15 is 0 Å². The second-order valence-corrected chi connectivity index (χ2v) is 8.29. The van der Waals surface area contributed by atoms with Gasteiger partial charge in [0.15, 0.2) is 0 Å². The lowest BCUT2D eigenvalue weighted by atomic mass is 10.1. The number of aromatic amines is 1. The molecule has 3 amide bonds. The lowest BCUT2D eigenvalue weighted by Crippen LogP contribution is -2.37. The third-order valence-electron chi connectivity index (χ3n) is 4.28. The van der Waals surface area contributed by atoms with Crippen molar-refractivity contribution in [3.8, 4) is 0 Å². The number of hydrogen-bond acceptors (Lipinski definition) is 5. The summed E-state index contributed by atoms with van der Waals surface area (Å²) >= 11 is 3.19. The molecule has 0 aliphatic carbocycles. The van der Waals surface area contributed by atoms with Crippen LogP contribution in [0.15, 0.2) is 41.8 Å². The van der Waals surface area contributed by atoms with Crippen LogP contribution in [0.3, 0.4) is 0 Å². The maximum absolute atomic E-state index is 12.7. The topological polar surface area (TPSA) is 113 Å². The summed E-state index contributed by atoms with van der Waals surface area (Å²) in [7, 11) is 0. The van der Waals surface area contributed by atoms with Crippen LogP contribution in [0.4, 0.5) is 4.79 Å². The van der Waals surface area contributed by atoms with Crippen molar-refractivity contribution in [2.24, 2.45) is 5.73 Å². The van der Waals surface area contributed by atoms with Gasteiger partial charge in [-0.15, -0.1) is 11.3 Å². The number of nitrogens with one attached hydrogen (secondary N) is 3. The summed E-state index contributed by atoms with van der Waals surface area (Å²) in [5.74, 6) is 1.45. The molecular weight excluding hydrogens is 394 g/mol. The van der Waals surface area contributed by atoms with Crippen molar-refractivity contribution in [1.29, 1.82) is 0 Å². The quantitative estimate of drug-likeness (QED) is 0.428. The van der Waals surface area contributed by atoms with Crippen molar-refractivity contribution in [3.63, 3.8) is 0 Å². The second-order valence-electron chi connectivity index (χ2n) is 6.32. The number of carbonyl (C=O) groups is 2. The van der Waals surface area contributed by atoms with Crippen molar-refractivity contribution >= 4 is 46.1 Å². The zero-order valence-corrected chi connectivity index (χ0v) is 17.1. The number of nitrogens with zero attached hydrogens (tertiary/aromatic N) is 1. The van der Waals surface area contributed by atoms with Crippen molar-refractivity contribution < 1.29 is 9.59 Å². The van der Waals surface area contributed by atoms with Crippen LogP contribution in [-0.2, 0) is 4.79 Å². The molecule has 3 aromatic rings. The Bertz CT molecular complexity index is 892. The summed E-state index contributed by atoms with van der Waals surface area (Å²) in [5.41, 5.74) is 7.09. The summed E-state index contributed by atoms with van der Waals surface area (Å²) in [6.07, 6.45) is 2.89. The van der Waals surface area contributed by atoms with Gasteiger partial charge in [-0.2, -0.15) is 11.8 Å². The van der Waals surface area contributed by atoms with Crippen LogP contribution in [0, 0.1) is 0 Å². The summed E-state index contributed by atoms with van der Waals surface area (Å²) in [4.78, 5) is 32.9. The highest BCUT2D eigenvalue weighted by Gasteiger charge is 2.22. The number of nitrogens with two attached hydrogens (primary N) is 1. The summed E-state index contributed by atoms with van der Waals surface area (Å²) < 4.78 is 0. The Balaban J connectivity index is 1.73. The van der Waals surface area contributed by atoms with Crippen molar-refractivity contribution in [1.82, 2.24) is 20.6 Å². The van der Waals surface area contributed by atoms with Gasteiger partial charge in [-0.1, -0.05) is 18.2 Å². The minimum atomic E-state index is -0.651. The summed E-state index contributed by atoms with van der Waals surface area (Å²) in [6, 6.07) is 10.2. The highest BCUT2D eigenvalue weighted by molar-refractivity contribution is 7.98. The molecule has 7 nitrogen and oxygen atoms in total. The van der Waals surface area contributed by atoms with Gasteiger partial charge in [0, 0.05) is 4.88 Å². The lowest BCUT2D eigenvalue weighted by Gasteiger charge is -2.20. The molecule has 0 radical (unpaired) electrons. The molecule has 0 bridgehead atoms. The Morgan fingerprint density at radius 1 is 1.21 bits per heavy atom. The number of rotatable bonds is 9. The maximum Gasteiger partial charge on any atom is 0.312 e. The van der Waals surface area contributed by atoms with E-state index < -0.39 is 12.1 Å². The number of hydrogen-bond donors (Lipinski definition) is 4. The minimum absolute atomic E-state index is 0.111. The monoisotopic (exact) mass is 417 g/mol. The van der Waals surface area contributed by atoms with Crippen molar-refractivity contribution in [3.05, 3.63) is 52.5 Å². The van der Waals surface area contributed by atoms with Gasteiger partial charge in [0.25, 0.3) is 0 Å². The molecule has 148 valence electrons. The Morgan fingerprint density at radius 3 is 2.71 bits per heavy atom. The third kappa shape index (κ3) is 5.26. The number of H-pyrrole nitrogens is 1. The smallest absolute Gasteiger partial charge is 0.312 e. The van der Waals surface area contributed by atoms with Gasteiger partial charge in [-0.05, 0) is 42.0 Å². The highest BCUT2D eigenvalue weighted by Crippen LogP contribution is 2.24. The van der Waals surface area contributed by atoms with Gasteiger partial charge in [-0.25, -0.2) is 9.78 Å². The first kappa shape index (κ1) is 20.2. The number of benzene rings is 1. The highest BCUT2D eigenvalue weighted by atomic mass is 32.2. The van der Waals surface area contributed by atoms with E-state index in [-0.39, 0.29) is 18.4 Å². The van der Waals surface area contributed by atoms with Crippen LogP contribution in [0.5, 0.6) is 0 Å². The predicted octanol–water partition coefficient (Wildman–Crippen LogP) is 3.33. The van der Waals surface area contributed by atoms with Crippen LogP contribution >= 0.6 is 23.1 Å². The molecule has 2 aromatic heterocycles. The van der Waals surface area contributed by atoms with E-state index in [9.17, 15) is 9.59 Å². The average molecular weight is 418 g/mol. The summed E-state index contributed by atoms with van der Waals surface area (Å²) in [5, 5.41) is 7.61. The van der Waals surface area contributed by atoms with Gasteiger partial charge < -0.3 is 21.4 Å². The fourth-order valence-corrected chi connectivity index (χ4v) is 4.22. The van der Waals surface area contributed by atoms with E-state index in [1.807, 2.05) is 48.0 Å². The molecule has 0 saturated heterocycles. The van der Waals surface area contributed by atoms with E-state index in [0.717, 1.165) is 33.9 Å². The normalized spacial score (nSPS) is 13.2. The number of imidazole rings is 1. The Morgan fingerprint density at radius 2 is 2.04 bits per heavy atom. The van der Waals surface area contributed by atoms with Crippen molar-refractivity contribution in [2.45, 2.75) is 24.9 Å². The van der Waals surface area contributed by atoms with Gasteiger partial charge in [0.05, 0.1) is 29.5 Å². The Hall–Kier alpha value is -2.52. The molecule has 1 aromatic carbocycles. The summed E-state index contributed by atoms with van der Waals surface area (Å²) in [6.45, 7) is 0. The molecule has 2 atom stereocenters. The zero-order valence-electron chi connectivity index (χ0n) is 15.5. The maximum atomic E-state index is 12.7. The number of amides is 3. The van der Waals surface area contributed by atoms with E-state index in [1.165, 1.54) is 11.3 Å². The van der Waals surface area contributed by atoms with E-state index in [4.69, 9.17) is 5.73 Å².